The van der Waals surface area contributed by atoms with Crippen LogP contribution in [0.4, 0.5) is 10.1 Å². The van der Waals surface area contributed by atoms with Gasteiger partial charge in [0.2, 0.25) is 0 Å². The Hall–Kier alpha value is -2.47. The third-order valence-corrected chi connectivity index (χ3v) is 3.12. The molecule has 0 spiro atoms. The zero-order chi connectivity index (χ0) is 14.1. The van der Waals surface area contributed by atoms with Crippen molar-refractivity contribution < 1.29 is 4.39 Å². The van der Waals surface area contributed by atoms with Crippen molar-refractivity contribution in [1.29, 1.82) is 0 Å². The van der Waals surface area contributed by atoms with E-state index in [9.17, 15) is 4.39 Å². The van der Waals surface area contributed by atoms with E-state index >= 15 is 0 Å². The lowest BCUT2D eigenvalue weighted by Crippen LogP contribution is -2.02. The number of aromatic nitrogens is 4. The molecule has 5 nitrogen and oxygen atoms in total. The largest absolute Gasteiger partial charge is 0.398 e. The number of rotatable bonds is 2. The molecule has 20 heavy (non-hydrogen) atoms. The lowest BCUT2D eigenvalue weighted by Gasteiger charge is -2.08. The van der Waals surface area contributed by atoms with Crippen molar-refractivity contribution in [2.24, 2.45) is 0 Å². The minimum absolute atomic E-state index is 0.258. The topological polar surface area (TPSA) is 69.6 Å². The number of nitrogens with zero attached hydrogens (tertiary/aromatic N) is 4. The fraction of sp³-hybridized carbons (Fsp3) is 0. The first-order chi connectivity index (χ1) is 9.66. The monoisotopic (exact) mass is 289 g/mol. The number of hydrogen-bond donors (Lipinski definition) is 1. The van der Waals surface area contributed by atoms with Gasteiger partial charge in [0.1, 0.15) is 5.82 Å². The maximum Gasteiger partial charge on any atom is 0.189 e. The Labute approximate surface area is 118 Å². The molecule has 100 valence electrons. The molecular formula is C13H9ClFN5. The Balaban J connectivity index is 2.18. The van der Waals surface area contributed by atoms with Gasteiger partial charge in [-0.2, -0.15) is 4.68 Å². The van der Waals surface area contributed by atoms with Gasteiger partial charge in [-0.15, -0.1) is 5.10 Å². The van der Waals surface area contributed by atoms with E-state index in [2.05, 4.69) is 15.5 Å². The minimum Gasteiger partial charge on any atom is -0.398 e. The molecule has 0 saturated carbocycles. The van der Waals surface area contributed by atoms with Gasteiger partial charge in [-0.25, -0.2) is 4.39 Å². The second-order valence-electron chi connectivity index (χ2n) is 4.10. The molecule has 3 aromatic rings. The molecule has 7 heteroatoms. The summed E-state index contributed by atoms with van der Waals surface area (Å²) in [5.74, 6) is -0.0152. The third-order valence-electron chi connectivity index (χ3n) is 2.80. The summed E-state index contributed by atoms with van der Waals surface area (Å²) in [6.45, 7) is 0. The van der Waals surface area contributed by atoms with Crippen molar-refractivity contribution >= 4 is 17.3 Å². The highest BCUT2D eigenvalue weighted by molar-refractivity contribution is 6.32. The van der Waals surface area contributed by atoms with Gasteiger partial charge in [-0.1, -0.05) is 23.7 Å². The first kappa shape index (κ1) is 12.6. The number of para-hydroxylation sites is 1. The zero-order valence-corrected chi connectivity index (χ0v) is 10.9. The van der Waals surface area contributed by atoms with Crippen molar-refractivity contribution in [3.05, 3.63) is 53.3 Å². The van der Waals surface area contributed by atoms with E-state index < -0.39 is 5.82 Å². The van der Waals surface area contributed by atoms with Crippen LogP contribution in [0.2, 0.25) is 5.02 Å². The van der Waals surface area contributed by atoms with E-state index in [1.54, 1.807) is 12.1 Å². The van der Waals surface area contributed by atoms with Gasteiger partial charge >= 0.3 is 0 Å². The van der Waals surface area contributed by atoms with Crippen LogP contribution in [0.25, 0.3) is 17.1 Å². The normalized spacial score (nSPS) is 10.7. The number of nitrogen functional groups attached to an aromatic ring is 1. The van der Waals surface area contributed by atoms with Crippen molar-refractivity contribution in [1.82, 2.24) is 20.2 Å². The molecule has 0 aliphatic rings. The Bertz CT molecular complexity index is 771. The standard InChI is InChI=1S/C13H9ClFN5/c14-10-3-1-2-4-12(10)20-13(17-18-19-20)9-6-5-8(15)7-11(9)16/h1-7H,16H2. The van der Waals surface area contributed by atoms with E-state index in [0.717, 1.165) is 0 Å². The van der Waals surface area contributed by atoms with Crippen molar-refractivity contribution in [3.63, 3.8) is 0 Å². The molecule has 1 heterocycles. The first-order valence-corrected chi connectivity index (χ1v) is 6.13. The summed E-state index contributed by atoms with van der Waals surface area (Å²) in [5.41, 5.74) is 7.23. The highest BCUT2D eigenvalue weighted by Crippen LogP contribution is 2.28. The Morgan fingerprint density at radius 1 is 1.15 bits per heavy atom. The van der Waals surface area contributed by atoms with Crippen LogP contribution in [0.15, 0.2) is 42.5 Å². The summed E-state index contributed by atoms with van der Waals surface area (Å²) in [4.78, 5) is 0. The Morgan fingerprint density at radius 3 is 2.70 bits per heavy atom. The molecule has 0 radical (unpaired) electrons. The van der Waals surface area contributed by atoms with E-state index in [4.69, 9.17) is 17.3 Å². The average Bonchev–Trinajstić information content (AvgIpc) is 2.88. The van der Waals surface area contributed by atoms with Crippen LogP contribution >= 0.6 is 11.6 Å². The van der Waals surface area contributed by atoms with Gasteiger partial charge < -0.3 is 5.73 Å². The van der Waals surface area contributed by atoms with Gasteiger partial charge in [0.05, 0.1) is 10.7 Å². The molecule has 0 aliphatic heterocycles. The van der Waals surface area contributed by atoms with Gasteiger partial charge in [-0.3, -0.25) is 0 Å². The number of tetrazole rings is 1. The first-order valence-electron chi connectivity index (χ1n) is 5.75. The summed E-state index contributed by atoms with van der Waals surface area (Å²) in [6.07, 6.45) is 0. The molecule has 3 rings (SSSR count). The summed E-state index contributed by atoms with van der Waals surface area (Å²) >= 11 is 6.13. The molecular weight excluding hydrogens is 281 g/mol. The SMILES string of the molecule is Nc1cc(F)ccc1-c1nnnn1-c1ccccc1Cl. The molecule has 0 amide bonds. The molecule has 0 saturated heterocycles. The lowest BCUT2D eigenvalue weighted by molar-refractivity contribution is 0.628. The summed E-state index contributed by atoms with van der Waals surface area (Å²) in [6, 6.07) is 11.2. The van der Waals surface area contributed by atoms with Crippen LogP contribution in [-0.2, 0) is 0 Å². The van der Waals surface area contributed by atoms with Crippen molar-refractivity contribution in [3.8, 4) is 17.1 Å². The molecule has 0 atom stereocenters. The zero-order valence-electron chi connectivity index (χ0n) is 10.2. The summed E-state index contributed by atoms with van der Waals surface area (Å²) in [5, 5.41) is 12.0. The molecule has 1 aromatic heterocycles. The van der Waals surface area contributed by atoms with Gasteiger partial charge in [0.15, 0.2) is 5.82 Å². The van der Waals surface area contributed by atoms with E-state index in [1.165, 1.54) is 22.9 Å². The second-order valence-corrected chi connectivity index (χ2v) is 4.50. The third kappa shape index (κ3) is 2.10. The number of hydrogen-bond acceptors (Lipinski definition) is 4. The number of benzene rings is 2. The van der Waals surface area contributed by atoms with Crippen molar-refractivity contribution in [2.75, 3.05) is 5.73 Å². The van der Waals surface area contributed by atoms with E-state index in [0.29, 0.717) is 22.1 Å². The highest BCUT2D eigenvalue weighted by atomic mass is 35.5. The molecule has 0 unspecified atom stereocenters. The van der Waals surface area contributed by atoms with E-state index in [-0.39, 0.29) is 5.69 Å². The van der Waals surface area contributed by atoms with Crippen LogP contribution in [0, 0.1) is 5.82 Å². The highest BCUT2D eigenvalue weighted by Gasteiger charge is 2.15. The maximum absolute atomic E-state index is 13.1. The number of halogens is 2. The van der Waals surface area contributed by atoms with E-state index in [1.807, 2.05) is 12.1 Å². The van der Waals surface area contributed by atoms with Crippen LogP contribution in [-0.4, -0.2) is 20.2 Å². The van der Waals surface area contributed by atoms with Gasteiger partial charge in [0, 0.05) is 11.3 Å². The smallest absolute Gasteiger partial charge is 0.189 e. The van der Waals surface area contributed by atoms with Gasteiger partial charge in [-0.05, 0) is 40.8 Å². The van der Waals surface area contributed by atoms with Crippen LogP contribution in [0.5, 0.6) is 0 Å². The molecule has 2 aromatic carbocycles. The molecule has 0 fully saturated rings. The number of nitrogens with two attached hydrogens (primary N) is 1. The summed E-state index contributed by atoms with van der Waals surface area (Å²) in [7, 11) is 0. The fourth-order valence-electron chi connectivity index (χ4n) is 1.88. The van der Waals surface area contributed by atoms with Crippen LogP contribution in [0.1, 0.15) is 0 Å². The predicted molar refractivity (Wildman–Crippen MR) is 74.0 cm³/mol. The average molecular weight is 290 g/mol. The van der Waals surface area contributed by atoms with Crippen LogP contribution in [0.3, 0.4) is 0 Å². The van der Waals surface area contributed by atoms with Gasteiger partial charge in [0.25, 0.3) is 0 Å². The minimum atomic E-state index is -0.414. The maximum atomic E-state index is 13.1. The quantitative estimate of drug-likeness (QED) is 0.736. The fourth-order valence-corrected chi connectivity index (χ4v) is 2.09. The lowest BCUT2D eigenvalue weighted by atomic mass is 10.1. The Morgan fingerprint density at radius 2 is 1.95 bits per heavy atom. The molecule has 0 bridgehead atoms. The molecule has 2 N–H and O–H groups in total. The predicted octanol–water partition coefficient (Wildman–Crippen LogP) is 2.70. The Kier molecular flexibility index (Phi) is 3.08. The van der Waals surface area contributed by atoms with Crippen molar-refractivity contribution in [2.45, 2.75) is 0 Å². The van der Waals surface area contributed by atoms with Crippen LogP contribution < -0.4 is 5.73 Å². The second kappa shape index (κ2) is 4.90. The summed E-state index contributed by atoms with van der Waals surface area (Å²) < 4.78 is 14.6. The molecule has 0 aliphatic carbocycles. The number of anilines is 1.